The minimum absolute atomic E-state index is 0. The van der Waals surface area contributed by atoms with Crippen molar-refractivity contribution in [1.82, 2.24) is 15.2 Å². The Morgan fingerprint density at radius 1 is 1.18 bits per heavy atom. The molecule has 28 heavy (non-hydrogen) atoms. The summed E-state index contributed by atoms with van der Waals surface area (Å²) in [6, 6.07) is 12.1. The largest absolute Gasteiger partial charge is 0.367 e. The molecule has 1 aliphatic rings. The van der Waals surface area contributed by atoms with Gasteiger partial charge in [-0.2, -0.15) is 0 Å². The van der Waals surface area contributed by atoms with Crippen LogP contribution in [0, 0.1) is 0 Å². The second-order valence-electron chi connectivity index (χ2n) is 6.74. The van der Waals surface area contributed by atoms with Gasteiger partial charge in [0.05, 0.1) is 10.7 Å². The van der Waals surface area contributed by atoms with Gasteiger partial charge in [0.2, 0.25) is 0 Å². The minimum atomic E-state index is 0. The maximum Gasteiger partial charge on any atom is 0.194 e. The molecule has 0 aliphatic carbocycles. The van der Waals surface area contributed by atoms with Crippen molar-refractivity contribution < 1.29 is 0 Å². The lowest BCUT2D eigenvalue weighted by atomic mass is 10.2. The third-order valence-electron chi connectivity index (χ3n) is 4.70. The smallest absolute Gasteiger partial charge is 0.194 e. The fourth-order valence-corrected chi connectivity index (χ4v) is 3.45. The van der Waals surface area contributed by atoms with Crippen molar-refractivity contribution >= 4 is 53.0 Å². The van der Waals surface area contributed by atoms with Gasteiger partial charge in [0.1, 0.15) is 5.82 Å². The van der Waals surface area contributed by atoms with Crippen molar-refractivity contribution in [2.45, 2.75) is 6.54 Å². The molecule has 0 saturated carbocycles. The number of anilines is 2. The van der Waals surface area contributed by atoms with Crippen molar-refractivity contribution in [2.75, 3.05) is 57.1 Å². The molecular weight excluding hydrogens is 487 g/mol. The first-order valence-electron chi connectivity index (χ1n) is 9.16. The molecule has 1 N–H and O–H groups in total. The molecule has 3 rings (SSSR count). The van der Waals surface area contributed by atoms with Crippen LogP contribution in [0.4, 0.5) is 11.5 Å². The van der Waals surface area contributed by atoms with Gasteiger partial charge < -0.3 is 20.0 Å². The average Bonchev–Trinajstić information content (AvgIpc) is 2.69. The van der Waals surface area contributed by atoms with Gasteiger partial charge in [0, 0.05) is 60.1 Å². The number of piperazine rings is 1. The Morgan fingerprint density at radius 3 is 2.54 bits per heavy atom. The number of benzene rings is 1. The van der Waals surface area contributed by atoms with Gasteiger partial charge in [-0.3, -0.25) is 4.99 Å². The molecule has 1 aromatic carbocycles. The van der Waals surface area contributed by atoms with Crippen molar-refractivity contribution in [2.24, 2.45) is 4.99 Å². The van der Waals surface area contributed by atoms with Crippen LogP contribution in [0.1, 0.15) is 5.56 Å². The number of pyridine rings is 1. The van der Waals surface area contributed by atoms with E-state index in [0.717, 1.165) is 55.2 Å². The molecule has 2 heterocycles. The summed E-state index contributed by atoms with van der Waals surface area (Å²) in [4.78, 5) is 15.5. The lowest BCUT2D eigenvalue weighted by Gasteiger charge is -2.38. The zero-order valence-electron chi connectivity index (χ0n) is 16.6. The van der Waals surface area contributed by atoms with E-state index in [2.05, 4.69) is 37.2 Å². The molecule has 2 aromatic rings. The zero-order chi connectivity index (χ0) is 19.2. The number of nitrogens with zero attached hydrogens (tertiary/aromatic N) is 5. The Kier molecular flexibility index (Phi) is 8.62. The monoisotopic (exact) mass is 514 g/mol. The van der Waals surface area contributed by atoms with Gasteiger partial charge in [0.15, 0.2) is 5.96 Å². The first-order chi connectivity index (χ1) is 13.1. The van der Waals surface area contributed by atoms with Crippen molar-refractivity contribution in [3.05, 3.63) is 53.2 Å². The topological polar surface area (TPSA) is 47.0 Å². The highest BCUT2D eigenvalue weighted by Crippen LogP contribution is 2.26. The van der Waals surface area contributed by atoms with E-state index in [1.807, 2.05) is 56.5 Å². The van der Waals surface area contributed by atoms with Crippen LogP contribution in [0.25, 0.3) is 0 Å². The summed E-state index contributed by atoms with van der Waals surface area (Å²) in [5.41, 5.74) is 2.29. The molecule has 1 fully saturated rings. The molecule has 0 spiro atoms. The molecular formula is C20H28ClIN6. The highest BCUT2D eigenvalue weighted by atomic mass is 127. The zero-order valence-corrected chi connectivity index (χ0v) is 19.7. The summed E-state index contributed by atoms with van der Waals surface area (Å²) in [6.45, 7) is 4.38. The third kappa shape index (κ3) is 5.64. The van der Waals surface area contributed by atoms with E-state index in [0.29, 0.717) is 0 Å². The fraction of sp³-hybridized carbons (Fsp3) is 0.400. The predicted octanol–water partition coefficient (Wildman–Crippen LogP) is 3.32. The standard InChI is InChI=1S/C20H27ClN6.HI/c1-22-20(24-15-16-8-9-23-19(14-16)25(2)3)27-12-10-26(11-13-27)18-7-5-4-6-17(18)21;/h4-9,14H,10-13,15H2,1-3H3,(H,22,24);1H. The molecule has 1 aliphatic heterocycles. The van der Waals surface area contributed by atoms with Crippen LogP contribution in [-0.2, 0) is 6.54 Å². The molecule has 8 heteroatoms. The van der Waals surface area contributed by atoms with E-state index in [-0.39, 0.29) is 24.0 Å². The molecule has 1 saturated heterocycles. The van der Waals surface area contributed by atoms with Crippen molar-refractivity contribution in [3.63, 3.8) is 0 Å². The highest BCUT2D eigenvalue weighted by molar-refractivity contribution is 14.0. The first kappa shape index (κ1) is 22.5. The minimum Gasteiger partial charge on any atom is -0.367 e. The third-order valence-corrected chi connectivity index (χ3v) is 5.02. The molecule has 1 aromatic heterocycles. The summed E-state index contributed by atoms with van der Waals surface area (Å²) in [5, 5.41) is 4.28. The van der Waals surface area contributed by atoms with Gasteiger partial charge in [-0.15, -0.1) is 24.0 Å². The molecule has 0 amide bonds. The maximum absolute atomic E-state index is 6.34. The van der Waals surface area contributed by atoms with Gasteiger partial charge >= 0.3 is 0 Å². The van der Waals surface area contributed by atoms with Gasteiger partial charge in [-0.25, -0.2) is 4.98 Å². The molecule has 0 atom stereocenters. The highest BCUT2D eigenvalue weighted by Gasteiger charge is 2.20. The molecule has 0 bridgehead atoms. The first-order valence-corrected chi connectivity index (χ1v) is 9.53. The number of para-hydroxylation sites is 1. The Hall–Kier alpha value is -1.74. The summed E-state index contributed by atoms with van der Waals surface area (Å²) < 4.78 is 0. The Balaban J connectivity index is 0.00000280. The normalized spacial score (nSPS) is 14.5. The van der Waals surface area contributed by atoms with Crippen LogP contribution in [0.3, 0.4) is 0 Å². The van der Waals surface area contributed by atoms with Crippen molar-refractivity contribution in [1.29, 1.82) is 0 Å². The number of halogens is 2. The second kappa shape index (κ2) is 10.7. The van der Waals surface area contributed by atoms with E-state index in [4.69, 9.17) is 11.6 Å². The summed E-state index contributed by atoms with van der Waals surface area (Å²) in [6.07, 6.45) is 1.84. The van der Waals surface area contributed by atoms with Crippen LogP contribution in [0.2, 0.25) is 5.02 Å². The average molecular weight is 515 g/mol. The second-order valence-corrected chi connectivity index (χ2v) is 7.15. The quantitative estimate of drug-likeness (QED) is 0.385. The Labute approximate surface area is 189 Å². The van der Waals surface area contributed by atoms with Crippen LogP contribution < -0.4 is 15.1 Å². The number of rotatable bonds is 4. The molecule has 152 valence electrons. The number of guanidine groups is 1. The summed E-state index contributed by atoms with van der Waals surface area (Å²) in [7, 11) is 5.83. The summed E-state index contributed by atoms with van der Waals surface area (Å²) >= 11 is 6.34. The number of aromatic nitrogens is 1. The van der Waals surface area contributed by atoms with E-state index in [1.54, 1.807) is 0 Å². The number of hydrogen-bond acceptors (Lipinski definition) is 4. The lowest BCUT2D eigenvalue weighted by Crippen LogP contribution is -2.52. The predicted molar refractivity (Wildman–Crippen MR) is 129 cm³/mol. The number of aliphatic imine (C=N–C) groups is 1. The molecule has 6 nitrogen and oxygen atoms in total. The number of hydrogen-bond donors (Lipinski definition) is 1. The summed E-state index contributed by atoms with van der Waals surface area (Å²) in [5.74, 6) is 1.88. The van der Waals surface area contributed by atoms with Crippen LogP contribution in [0.5, 0.6) is 0 Å². The van der Waals surface area contributed by atoms with E-state index in [1.165, 1.54) is 5.56 Å². The van der Waals surface area contributed by atoms with Crippen LogP contribution >= 0.6 is 35.6 Å². The SMILES string of the molecule is CN=C(NCc1ccnc(N(C)C)c1)N1CCN(c2ccccc2Cl)CC1.I. The fourth-order valence-electron chi connectivity index (χ4n) is 3.20. The molecule has 0 radical (unpaired) electrons. The van der Waals surface area contributed by atoms with Crippen LogP contribution in [-0.4, -0.2) is 63.2 Å². The van der Waals surface area contributed by atoms with Gasteiger partial charge in [-0.05, 0) is 29.8 Å². The van der Waals surface area contributed by atoms with Crippen LogP contribution in [0.15, 0.2) is 47.6 Å². The van der Waals surface area contributed by atoms with Gasteiger partial charge in [-0.1, -0.05) is 23.7 Å². The van der Waals surface area contributed by atoms with E-state index >= 15 is 0 Å². The molecule has 0 unspecified atom stereocenters. The van der Waals surface area contributed by atoms with Crippen molar-refractivity contribution in [3.8, 4) is 0 Å². The maximum atomic E-state index is 6.34. The van der Waals surface area contributed by atoms with E-state index in [9.17, 15) is 0 Å². The Bertz CT molecular complexity index is 790. The lowest BCUT2D eigenvalue weighted by molar-refractivity contribution is 0.372. The van der Waals surface area contributed by atoms with E-state index < -0.39 is 0 Å². The number of nitrogens with one attached hydrogen (secondary N) is 1. The van der Waals surface area contributed by atoms with Gasteiger partial charge in [0.25, 0.3) is 0 Å². The Morgan fingerprint density at radius 2 is 1.89 bits per heavy atom.